The first kappa shape index (κ1) is 18.9. The fourth-order valence-corrected chi connectivity index (χ4v) is 3.12. The minimum atomic E-state index is -0.300. The maximum Gasteiger partial charge on any atom is 0.276 e. The number of hydrogen-bond donors (Lipinski definition) is 1. The van der Waals surface area contributed by atoms with Crippen LogP contribution in [0.3, 0.4) is 0 Å². The Labute approximate surface area is 175 Å². The first-order valence-electron chi connectivity index (χ1n) is 8.77. The van der Waals surface area contributed by atoms with Crippen LogP contribution in [0.2, 0.25) is 0 Å². The van der Waals surface area contributed by atoms with E-state index >= 15 is 0 Å². The Kier molecular flexibility index (Phi) is 5.43. The molecular formula is C19H18BrN7O2. The SMILES string of the molecule is COc1cccc(Cn2cc(NC(=O)c3ccn(Cn4cc(Br)cn4)n3)cn2)c1. The lowest BCUT2D eigenvalue weighted by Crippen LogP contribution is -2.14. The number of amides is 1. The summed E-state index contributed by atoms with van der Waals surface area (Å²) in [6.45, 7) is 0.985. The summed E-state index contributed by atoms with van der Waals surface area (Å²) in [5, 5.41) is 15.6. The van der Waals surface area contributed by atoms with Crippen molar-refractivity contribution >= 4 is 27.5 Å². The zero-order valence-electron chi connectivity index (χ0n) is 15.6. The van der Waals surface area contributed by atoms with Crippen LogP contribution in [-0.2, 0) is 13.2 Å². The molecule has 0 radical (unpaired) electrons. The van der Waals surface area contributed by atoms with Gasteiger partial charge in [0.15, 0.2) is 5.69 Å². The second-order valence-corrected chi connectivity index (χ2v) is 7.23. The van der Waals surface area contributed by atoms with Gasteiger partial charge in [0.2, 0.25) is 0 Å². The van der Waals surface area contributed by atoms with E-state index in [4.69, 9.17) is 4.74 Å². The van der Waals surface area contributed by atoms with Gasteiger partial charge in [-0.3, -0.25) is 14.2 Å². The van der Waals surface area contributed by atoms with Gasteiger partial charge in [0.05, 0.1) is 36.2 Å². The zero-order chi connectivity index (χ0) is 20.2. The predicted octanol–water partition coefficient (Wildman–Crippen LogP) is 2.85. The van der Waals surface area contributed by atoms with Gasteiger partial charge in [0.25, 0.3) is 5.91 Å². The molecule has 0 atom stereocenters. The number of anilines is 1. The zero-order valence-corrected chi connectivity index (χ0v) is 17.2. The predicted molar refractivity (Wildman–Crippen MR) is 110 cm³/mol. The molecule has 0 bridgehead atoms. The number of carbonyl (C=O) groups is 1. The van der Waals surface area contributed by atoms with Gasteiger partial charge >= 0.3 is 0 Å². The highest BCUT2D eigenvalue weighted by Crippen LogP contribution is 2.15. The Bertz CT molecular complexity index is 1130. The molecule has 0 spiro atoms. The summed E-state index contributed by atoms with van der Waals surface area (Å²) in [7, 11) is 1.63. The third-order valence-corrected chi connectivity index (χ3v) is 4.54. The molecule has 1 aromatic carbocycles. The van der Waals surface area contributed by atoms with E-state index in [0.29, 0.717) is 24.6 Å². The molecule has 3 heterocycles. The molecule has 3 aromatic heterocycles. The van der Waals surface area contributed by atoms with Crippen LogP contribution in [0.5, 0.6) is 5.75 Å². The van der Waals surface area contributed by atoms with Crippen molar-refractivity contribution in [2.24, 2.45) is 0 Å². The summed E-state index contributed by atoms with van der Waals surface area (Å²) in [5.74, 6) is 0.493. The number of carbonyl (C=O) groups excluding carboxylic acids is 1. The van der Waals surface area contributed by atoms with E-state index in [1.807, 2.05) is 30.5 Å². The Hall–Kier alpha value is -3.40. The van der Waals surface area contributed by atoms with Crippen LogP contribution in [-0.4, -0.2) is 42.4 Å². The van der Waals surface area contributed by atoms with Crippen LogP contribution >= 0.6 is 15.9 Å². The van der Waals surface area contributed by atoms with Crippen LogP contribution in [0.4, 0.5) is 5.69 Å². The van der Waals surface area contributed by atoms with Crippen molar-refractivity contribution in [3.8, 4) is 5.75 Å². The van der Waals surface area contributed by atoms with Crippen molar-refractivity contribution in [1.82, 2.24) is 29.3 Å². The number of ether oxygens (including phenoxy) is 1. The van der Waals surface area contributed by atoms with Crippen LogP contribution < -0.4 is 10.1 Å². The van der Waals surface area contributed by atoms with E-state index in [0.717, 1.165) is 15.8 Å². The highest BCUT2D eigenvalue weighted by atomic mass is 79.9. The average molecular weight is 456 g/mol. The Balaban J connectivity index is 1.37. The Morgan fingerprint density at radius 1 is 1.14 bits per heavy atom. The maximum absolute atomic E-state index is 12.5. The fourth-order valence-electron chi connectivity index (χ4n) is 2.79. The Morgan fingerprint density at radius 2 is 2.00 bits per heavy atom. The molecule has 0 saturated carbocycles. The second-order valence-electron chi connectivity index (χ2n) is 6.31. The maximum atomic E-state index is 12.5. The normalized spacial score (nSPS) is 10.8. The van der Waals surface area contributed by atoms with Crippen LogP contribution in [0.25, 0.3) is 0 Å². The lowest BCUT2D eigenvalue weighted by molar-refractivity contribution is 0.102. The summed E-state index contributed by atoms with van der Waals surface area (Å²) in [4.78, 5) is 12.5. The molecule has 0 fully saturated rings. The van der Waals surface area contributed by atoms with Gasteiger partial charge in [-0.2, -0.15) is 15.3 Å². The van der Waals surface area contributed by atoms with Crippen molar-refractivity contribution in [3.63, 3.8) is 0 Å². The summed E-state index contributed by atoms with van der Waals surface area (Å²) in [5.41, 5.74) is 1.97. The van der Waals surface area contributed by atoms with Gasteiger partial charge in [-0.05, 0) is 39.7 Å². The van der Waals surface area contributed by atoms with Crippen LogP contribution in [0.15, 0.2) is 65.8 Å². The number of hydrogen-bond acceptors (Lipinski definition) is 5. The fraction of sp³-hybridized carbons (Fsp3) is 0.158. The summed E-state index contributed by atoms with van der Waals surface area (Å²) in [6.07, 6.45) is 8.64. The molecule has 10 heteroatoms. The first-order chi connectivity index (χ1) is 14.1. The number of halogens is 1. The number of nitrogens with zero attached hydrogens (tertiary/aromatic N) is 6. The summed E-state index contributed by atoms with van der Waals surface area (Å²) in [6, 6.07) is 9.42. The average Bonchev–Trinajstić information content (AvgIpc) is 3.45. The number of methoxy groups -OCH3 is 1. The molecule has 29 heavy (non-hydrogen) atoms. The summed E-state index contributed by atoms with van der Waals surface area (Å²) < 4.78 is 11.2. The summed E-state index contributed by atoms with van der Waals surface area (Å²) >= 11 is 3.35. The topological polar surface area (TPSA) is 91.8 Å². The van der Waals surface area contributed by atoms with Crippen LogP contribution in [0, 0.1) is 0 Å². The second kappa shape index (κ2) is 8.31. The highest BCUT2D eigenvalue weighted by Gasteiger charge is 2.11. The molecule has 0 aliphatic heterocycles. The van der Waals surface area contributed by atoms with Gasteiger partial charge in [0, 0.05) is 18.6 Å². The van der Waals surface area contributed by atoms with Crippen molar-refractivity contribution in [2.75, 3.05) is 12.4 Å². The van der Waals surface area contributed by atoms with E-state index in [1.165, 1.54) is 0 Å². The standard InChI is InChI=1S/C19H18BrN7O2/c1-29-17-4-2-3-14(7-17)10-26-12-16(9-22-26)23-19(28)18-5-6-25(24-18)13-27-11-15(20)8-21-27/h2-9,11-12H,10,13H2,1H3,(H,23,28). The molecule has 4 rings (SSSR count). The monoisotopic (exact) mass is 455 g/mol. The molecule has 9 nitrogen and oxygen atoms in total. The van der Waals surface area contributed by atoms with Gasteiger partial charge in [-0.25, -0.2) is 4.68 Å². The van der Waals surface area contributed by atoms with E-state index in [9.17, 15) is 4.79 Å². The van der Waals surface area contributed by atoms with E-state index in [1.54, 1.807) is 52.0 Å². The minimum Gasteiger partial charge on any atom is -0.497 e. The largest absolute Gasteiger partial charge is 0.497 e. The van der Waals surface area contributed by atoms with E-state index < -0.39 is 0 Å². The third kappa shape index (κ3) is 4.72. The molecule has 0 aliphatic rings. The van der Waals surface area contributed by atoms with Crippen molar-refractivity contribution in [1.29, 1.82) is 0 Å². The van der Waals surface area contributed by atoms with E-state index in [2.05, 4.69) is 36.5 Å². The molecule has 0 unspecified atom stereocenters. The van der Waals surface area contributed by atoms with Crippen molar-refractivity contribution in [2.45, 2.75) is 13.2 Å². The van der Waals surface area contributed by atoms with Gasteiger partial charge in [0.1, 0.15) is 12.4 Å². The number of nitrogens with one attached hydrogen (secondary N) is 1. The molecule has 1 N–H and O–H groups in total. The third-order valence-electron chi connectivity index (χ3n) is 4.13. The van der Waals surface area contributed by atoms with Gasteiger partial charge in [-0.15, -0.1) is 0 Å². The lowest BCUT2D eigenvalue weighted by atomic mass is 10.2. The molecule has 4 aromatic rings. The minimum absolute atomic E-state index is 0.300. The van der Waals surface area contributed by atoms with Crippen molar-refractivity contribution in [3.05, 3.63) is 77.0 Å². The molecule has 148 valence electrons. The smallest absolute Gasteiger partial charge is 0.276 e. The van der Waals surface area contributed by atoms with Crippen LogP contribution in [0.1, 0.15) is 16.1 Å². The number of aromatic nitrogens is 6. The van der Waals surface area contributed by atoms with Crippen molar-refractivity contribution < 1.29 is 9.53 Å². The van der Waals surface area contributed by atoms with Gasteiger partial charge in [-0.1, -0.05) is 12.1 Å². The Morgan fingerprint density at radius 3 is 2.79 bits per heavy atom. The molecular weight excluding hydrogens is 438 g/mol. The molecule has 1 amide bonds. The number of rotatable bonds is 7. The van der Waals surface area contributed by atoms with E-state index in [-0.39, 0.29) is 5.91 Å². The van der Waals surface area contributed by atoms with Gasteiger partial charge < -0.3 is 10.1 Å². The quantitative estimate of drug-likeness (QED) is 0.462. The molecule has 0 aliphatic carbocycles. The first-order valence-corrected chi connectivity index (χ1v) is 9.56. The lowest BCUT2D eigenvalue weighted by Gasteiger charge is -2.04. The number of benzene rings is 1. The highest BCUT2D eigenvalue weighted by molar-refractivity contribution is 9.10. The molecule has 0 saturated heterocycles.